The number of methoxy groups -OCH3 is 2. The van der Waals surface area contributed by atoms with Gasteiger partial charge in [-0.15, -0.1) is 0 Å². The number of anilines is 2. The Morgan fingerprint density at radius 2 is 1.76 bits per heavy atom. The first-order valence-corrected chi connectivity index (χ1v) is 12.9. The summed E-state index contributed by atoms with van der Waals surface area (Å²) in [7, 11) is 2.47. The molecule has 0 atom stereocenters. The Hall–Kier alpha value is -4.52. The standard InChI is InChI=1S/C28H29ClF2N4O7/c1-28(2,3)42-27(37)34(11-10-22-24(35(38)39)8-9-25(33-22)40-4)15-16-12-17(29)6-7-21(16)32-23-14-20(31)19(30)13-18(23)26(36)41-5/h6-9,12-14,32H,10-11,15H2,1-5H3. The van der Waals surface area contributed by atoms with Crippen LogP contribution in [-0.4, -0.2) is 53.2 Å². The normalized spacial score (nSPS) is 11.0. The van der Waals surface area contributed by atoms with Crippen molar-refractivity contribution in [3.05, 3.63) is 86.1 Å². The number of carbonyl (C=O) groups is 2. The van der Waals surface area contributed by atoms with E-state index < -0.39 is 34.2 Å². The fraction of sp³-hybridized carbons (Fsp3) is 0.321. The maximum absolute atomic E-state index is 14.2. The van der Waals surface area contributed by atoms with Crippen molar-refractivity contribution in [1.29, 1.82) is 0 Å². The number of aromatic nitrogens is 1. The largest absolute Gasteiger partial charge is 0.481 e. The molecule has 0 saturated heterocycles. The number of nitro groups is 1. The number of rotatable bonds is 10. The van der Waals surface area contributed by atoms with Gasteiger partial charge in [0.15, 0.2) is 11.6 Å². The van der Waals surface area contributed by atoms with Gasteiger partial charge >= 0.3 is 12.1 Å². The van der Waals surface area contributed by atoms with Gasteiger partial charge in [-0.25, -0.2) is 23.4 Å². The molecule has 0 fully saturated rings. The Kier molecular flexibility index (Phi) is 10.2. The maximum Gasteiger partial charge on any atom is 0.410 e. The highest BCUT2D eigenvalue weighted by atomic mass is 35.5. The Labute approximate surface area is 245 Å². The van der Waals surface area contributed by atoms with Gasteiger partial charge in [0.2, 0.25) is 5.88 Å². The maximum atomic E-state index is 14.2. The van der Waals surface area contributed by atoms with E-state index in [9.17, 15) is 28.5 Å². The predicted octanol–water partition coefficient (Wildman–Crippen LogP) is 6.44. The first kappa shape index (κ1) is 32.0. The molecular weight excluding hydrogens is 578 g/mol. The van der Waals surface area contributed by atoms with Gasteiger partial charge in [-0.3, -0.25) is 10.1 Å². The number of nitrogens with zero attached hydrogens (tertiary/aromatic N) is 3. The number of nitrogens with one attached hydrogen (secondary N) is 1. The van der Waals surface area contributed by atoms with Crippen LogP contribution in [0, 0.1) is 21.7 Å². The van der Waals surface area contributed by atoms with Crippen molar-refractivity contribution in [2.24, 2.45) is 0 Å². The van der Waals surface area contributed by atoms with Gasteiger partial charge in [0.25, 0.3) is 5.69 Å². The lowest BCUT2D eigenvalue weighted by Crippen LogP contribution is -2.38. The predicted molar refractivity (Wildman–Crippen MR) is 150 cm³/mol. The van der Waals surface area contributed by atoms with E-state index in [2.05, 4.69) is 10.3 Å². The summed E-state index contributed by atoms with van der Waals surface area (Å²) in [6.07, 6.45) is -0.770. The van der Waals surface area contributed by atoms with E-state index in [1.807, 2.05) is 0 Å². The molecule has 2 aromatic carbocycles. The lowest BCUT2D eigenvalue weighted by atomic mass is 10.1. The average molecular weight is 607 g/mol. The van der Waals surface area contributed by atoms with Gasteiger partial charge in [0, 0.05) is 41.9 Å². The molecule has 3 aromatic rings. The third-order valence-electron chi connectivity index (χ3n) is 5.76. The minimum atomic E-state index is -1.24. The summed E-state index contributed by atoms with van der Waals surface area (Å²) in [6.45, 7) is 4.84. The zero-order valence-corrected chi connectivity index (χ0v) is 24.3. The number of amides is 1. The molecule has 1 N–H and O–H groups in total. The van der Waals surface area contributed by atoms with Crippen LogP contribution in [0.3, 0.4) is 0 Å². The lowest BCUT2D eigenvalue weighted by molar-refractivity contribution is -0.386. The highest BCUT2D eigenvalue weighted by Crippen LogP contribution is 2.30. The van der Waals surface area contributed by atoms with Crippen LogP contribution >= 0.6 is 11.6 Å². The van der Waals surface area contributed by atoms with E-state index in [-0.39, 0.29) is 48.0 Å². The summed E-state index contributed by atoms with van der Waals surface area (Å²) in [5.74, 6) is -3.19. The lowest BCUT2D eigenvalue weighted by Gasteiger charge is -2.28. The van der Waals surface area contributed by atoms with Gasteiger partial charge in [0.05, 0.1) is 36.9 Å². The zero-order valence-electron chi connectivity index (χ0n) is 23.5. The molecule has 11 nitrogen and oxygen atoms in total. The molecule has 1 aromatic heterocycles. The molecule has 1 heterocycles. The molecule has 0 radical (unpaired) electrons. The van der Waals surface area contributed by atoms with Crippen LogP contribution in [0.1, 0.15) is 42.4 Å². The van der Waals surface area contributed by atoms with E-state index >= 15 is 0 Å². The second kappa shape index (κ2) is 13.4. The third-order valence-corrected chi connectivity index (χ3v) is 6.00. The van der Waals surface area contributed by atoms with E-state index in [1.54, 1.807) is 20.8 Å². The van der Waals surface area contributed by atoms with Gasteiger partial charge in [0.1, 0.15) is 11.3 Å². The van der Waals surface area contributed by atoms with Crippen LogP contribution in [0.4, 0.5) is 30.6 Å². The molecule has 0 aliphatic carbocycles. The quantitative estimate of drug-likeness (QED) is 0.157. The van der Waals surface area contributed by atoms with Gasteiger partial charge < -0.3 is 24.4 Å². The molecule has 0 aliphatic heterocycles. The number of hydrogen-bond acceptors (Lipinski definition) is 9. The molecule has 0 aliphatic rings. The number of pyridine rings is 1. The fourth-order valence-electron chi connectivity index (χ4n) is 3.83. The van der Waals surface area contributed by atoms with Crippen molar-refractivity contribution < 1.29 is 37.5 Å². The molecule has 0 saturated carbocycles. The highest BCUT2D eigenvalue weighted by Gasteiger charge is 2.26. The topological polar surface area (TPSA) is 133 Å². The molecule has 14 heteroatoms. The molecule has 3 rings (SSSR count). The fourth-order valence-corrected chi connectivity index (χ4v) is 4.03. The molecule has 0 unspecified atom stereocenters. The van der Waals surface area contributed by atoms with E-state index in [0.717, 1.165) is 13.2 Å². The average Bonchev–Trinajstić information content (AvgIpc) is 2.92. The van der Waals surface area contributed by atoms with Crippen molar-refractivity contribution in [3.8, 4) is 5.88 Å². The third kappa shape index (κ3) is 8.26. The number of esters is 1. The number of benzene rings is 2. The van der Waals surface area contributed by atoms with Crippen molar-refractivity contribution in [2.75, 3.05) is 26.1 Å². The van der Waals surface area contributed by atoms with E-state index in [1.165, 1.54) is 42.3 Å². The monoisotopic (exact) mass is 606 g/mol. The second-order valence-corrected chi connectivity index (χ2v) is 10.4. The Balaban J connectivity index is 2.01. The summed E-state index contributed by atoms with van der Waals surface area (Å²) < 4.78 is 43.4. The van der Waals surface area contributed by atoms with E-state index in [4.69, 9.17) is 25.8 Å². The molecule has 1 amide bonds. The molecular formula is C28H29ClF2N4O7. The number of halogens is 3. The van der Waals surface area contributed by atoms with Crippen LogP contribution < -0.4 is 10.1 Å². The Morgan fingerprint density at radius 1 is 1.07 bits per heavy atom. The first-order valence-electron chi connectivity index (χ1n) is 12.5. The molecule has 224 valence electrons. The van der Waals surface area contributed by atoms with Crippen molar-refractivity contribution >= 4 is 40.7 Å². The van der Waals surface area contributed by atoms with Crippen molar-refractivity contribution in [3.63, 3.8) is 0 Å². The van der Waals surface area contributed by atoms with Crippen LogP contribution in [-0.2, 0) is 22.4 Å². The van der Waals surface area contributed by atoms with Crippen LogP contribution in [0.15, 0.2) is 42.5 Å². The summed E-state index contributed by atoms with van der Waals surface area (Å²) in [5, 5.41) is 14.8. The Bertz CT molecular complexity index is 1500. The summed E-state index contributed by atoms with van der Waals surface area (Å²) in [5.41, 5.74) is -0.689. The minimum Gasteiger partial charge on any atom is -0.481 e. The molecule has 0 spiro atoms. The Morgan fingerprint density at radius 3 is 2.38 bits per heavy atom. The van der Waals surface area contributed by atoms with Crippen molar-refractivity contribution in [1.82, 2.24) is 9.88 Å². The molecule has 0 bridgehead atoms. The SMILES string of the molecule is COC(=O)c1cc(F)c(F)cc1Nc1ccc(Cl)cc1CN(CCc1nc(OC)ccc1[N+](=O)[O-])C(=O)OC(C)(C)C. The second-order valence-electron chi connectivity index (χ2n) is 9.96. The van der Waals surface area contributed by atoms with Gasteiger partial charge in [-0.05, 0) is 50.6 Å². The first-order chi connectivity index (χ1) is 19.7. The van der Waals surface area contributed by atoms with Crippen LogP contribution in [0.25, 0.3) is 0 Å². The van der Waals surface area contributed by atoms with Crippen LogP contribution in [0.5, 0.6) is 5.88 Å². The summed E-state index contributed by atoms with van der Waals surface area (Å²) >= 11 is 6.26. The highest BCUT2D eigenvalue weighted by molar-refractivity contribution is 6.30. The smallest absolute Gasteiger partial charge is 0.410 e. The number of hydrogen-bond donors (Lipinski definition) is 1. The van der Waals surface area contributed by atoms with Crippen LogP contribution in [0.2, 0.25) is 5.02 Å². The number of carbonyl (C=O) groups excluding carboxylic acids is 2. The summed E-state index contributed by atoms with van der Waals surface area (Å²) in [6, 6.07) is 8.72. The zero-order chi connectivity index (χ0) is 31.2. The summed E-state index contributed by atoms with van der Waals surface area (Å²) in [4.78, 5) is 42.0. The van der Waals surface area contributed by atoms with Crippen molar-refractivity contribution in [2.45, 2.75) is 39.3 Å². The number of ether oxygens (including phenoxy) is 3. The van der Waals surface area contributed by atoms with Gasteiger partial charge in [-0.2, -0.15) is 0 Å². The molecule has 42 heavy (non-hydrogen) atoms. The van der Waals surface area contributed by atoms with Gasteiger partial charge in [-0.1, -0.05) is 11.6 Å². The minimum absolute atomic E-state index is 0.0360. The van der Waals surface area contributed by atoms with E-state index in [0.29, 0.717) is 22.3 Å².